The molecular formula is C25H30FY+2. The third-order valence-corrected chi connectivity index (χ3v) is 6.98. The minimum Gasteiger partial charge on any atom is -0.236 e. The summed E-state index contributed by atoms with van der Waals surface area (Å²) in [6.07, 6.45) is 11.3. The molecule has 138 valence electrons. The van der Waals surface area contributed by atoms with Gasteiger partial charge in [-0.1, -0.05) is 44.0 Å². The van der Waals surface area contributed by atoms with Crippen molar-refractivity contribution in [2.24, 2.45) is 17.8 Å². The third-order valence-electron chi connectivity index (χ3n) is 6.98. The van der Waals surface area contributed by atoms with E-state index in [1.54, 1.807) is 12.1 Å². The number of hydrogen-bond donors (Lipinski definition) is 0. The molecule has 2 fully saturated rings. The Bertz CT molecular complexity index is 707. The molecule has 2 aliphatic carbocycles. The van der Waals surface area contributed by atoms with Crippen LogP contribution >= 0.6 is 0 Å². The molecule has 27 heavy (non-hydrogen) atoms. The molecule has 2 aromatic rings. The largest absolute Gasteiger partial charge is 3.00 e. The molecule has 0 amide bonds. The second-order valence-electron chi connectivity index (χ2n) is 8.68. The van der Waals surface area contributed by atoms with Crippen molar-refractivity contribution < 1.29 is 37.1 Å². The van der Waals surface area contributed by atoms with Gasteiger partial charge >= 0.3 is 32.7 Å². The van der Waals surface area contributed by atoms with E-state index in [-0.39, 0.29) is 38.5 Å². The van der Waals surface area contributed by atoms with Crippen molar-refractivity contribution in [1.29, 1.82) is 0 Å². The van der Waals surface area contributed by atoms with Crippen LogP contribution in [0.1, 0.15) is 69.8 Å². The van der Waals surface area contributed by atoms with Gasteiger partial charge in [-0.05, 0) is 73.3 Å². The van der Waals surface area contributed by atoms with Crippen molar-refractivity contribution in [3.8, 4) is 11.1 Å². The third kappa shape index (κ3) is 5.30. The number of rotatable bonds is 3. The summed E-state index contributed by atoms with van der Waals surface area (Å²) < 4.78 is 13.4. The van der Waals surface area contributed by atoms with Gasteiger partial charge in [-0.2, -0.15) is 12.1 Å². The molecule has 2 heteroatoms. The molecule has 0 unspecified atom stereocenters. The Morgan fingerprint density at radius 2 is 1.37 bits per heavy atom. The summed E-state index contributed by atoms with van der Waals surface area (Å²) in [5, 5.41) is 0. The van der Waals surface area contributed by atoms with Gasteiger partial charge < -0.3 is 0 Å². The van der Waals surface area contributed by atoms with Crippen molar-refractivity contribution in [2.75, 3.05) is 0 Å². The topological polar surface area (TPSA) is 0 Å². The summed E-state index contributed by atoms with van der Waals surface area (Å²) in [6.45, 7) is 2.42. The van der Waals surface area contributed by atoms with E-state index in [9.17, 15) is 4.39 Å². The fourth-order valence-corrected chi connectivity index (χ4v) is 5.25. The van der Waals surface area contributed by atoms with Crippen molar-refractivity contribution in [3.05, 3.63) is 59.9 Å². The van der Waals surface area contributed by atoms with Crippen molar-refractivity contribution in [3.63, 3.8) is 0 Å². The first-order valence-corrected chi connectivity index (χ1v) is 10.5. The smallest absolute Gasteiger partial charge is 0.236 e. The fraction of sp³-hybridized carbons (Fsp3) is 0.520. The monoisotopic (exact) mass is 438 g/mol. The summed E-state index contributed by atoms with van der Waals surface area (Å²) in [5.41, 5.74) is 3.49. The number of hydrogen-bond acceptors (Lipinski definition) is 0. The molecule has 2 aromatic carbocycles. The van der Waals surface area contributed by atoms with Crippen molar-refractivity contribution in [1.82, 2.24) is 0 Å². The van der Waals surface area contributed by atoms with Gasteiger partial charge in [0.2, 0.25) is 0 Å². The van der Waals surface area contributed by atoms with Gasteiger partial charge in [0, 0.05) is 5.82 Å². The van der Waals surface area contributed by atoms with Crippen LogP contribution in [-0.4, -0.2) is 0 Å². The zero-order valence-corrected chi connectivity index (χ0v) is 19.3. The van der Waals surface area contributed by atoms with Gasteiger partial charge in [0.1, 0.15) is 0 Å². The molecule has 0 bridgehead atoms. The summed E-state index contributed by atoms with van der Waals surface area (Å²) >= 11 is 0. The Morgan fingerprint density at radius 3 is 1.96 bits per heavy atom. The number of halogens is 1. The Balaban J connectivity index is 0.00000210. The first kappa shape index (κ1) is 21.2. The standard InChI is InChI=1S/C25H30F.Y/c1-18-5-7-19(8-6-18)20-9-11-21(12-10-20)22-13-15-23(16-14-22)24-3-2-4-25(26)17-24;/h2-3,13-21H,5-12H2,1H3;/q-1;+3. The molecule has 2 saturated carbocycles. The van der Waals surface area contributed by atoms with Crippen molar-refractivity contribution >= 4 is 0 Å². The minimum absolute atomic E-state index is 0. The van der Waals surface area contributed by atoms with E-state index in [4.69, 9.17) is 0 Å². The Labute approximate surface area is 189 Å². The second-order valence-corrected chi connectivity index (χ2v) is 8.68. The summed E-state index contributed by atoms with van der Waals surface area (Å²) in [7, 11) is 0. The fourth-order valence-electron chi connectivity index (χ4n) is 5.25. The molecule has 0 heterocycles. The average molecular weight is 438 g/mol. The molecule has 0 spiro atoms. The van der Waals surface area contributed by atoms with Crippen LogP contribution in [0, 0.1) is 29.6 Å². The van der Waals surface area contributed by atoms with Crippen molar-refractivity contribution in [2.45, 2.75) is 64.2 Å². The molecule has 0 radical (unpaired) electrons. The van der Waals surface area contributed by atoms with Gasteiger partial charge in [0.15, 0.2) is 0 Å². The molecule has 0 saturated heterocycles. The predicted octanol–water partition coefficient (Wildman–Crippen LogP) is 7.39. The SMILES string of the molecule is CC1CCC(C2CCC(c3ccc(-c4cc[c-]c(F)c4)cc3)CC2)CC1.[Y+3]. The van der Waals surface area contributed by atoms with Gasteiger partial charge in [-0.3, -0.25) is 0 Å². The Morgan fingerprint density at radius 1 is 0.778 bits per heavy atom. The number of benzene rings is 2. The normalized spacial score (nSPS) is 28.4. The second kappa shape index (κ2) is 9.79. The van der Waals surface area contributed by atoms with Crippen LogP contribution < -0.4 is 0 Å². The van der Waals surface area contributed by atoms with Crippen LogP contribution in [0.3, 0.4) is 0 Å². The summed E-state index contributed by atoms with van der Waals surface area (Å²) in [6, 6.07) is 16.5. The van der Waals surface area contributed by atoms with Gasteiger partial charge in [0.05, 0.1) is 0 Å². The van der Waals surface area contributed by atoms with E-state index < -0.39 is 0 Å². The molecule has 0 aliphatic heterocycles. The summed E-state index contributed by atoms with van der Waals surface area (Å²) in [5.74, 6) is 3.35. The predicted molar refractivity (Wildman–Crippen MR) is 106 cm³/mol. The van der Waals surface area contributed by atoms with Crippen LogP contribution in [-0.2, 0) is 32.7 Å². The first-order chi connectivity index (χ1) is 12.7. The molecule has 4 rings (SSSR count). The van der Waals surface area contributed by atoms with Gasteiger partial charge in [-0.15, -0.1) is 17.7 Å². The average Bonchev–Trinajstić information content (AvgIpc) is 2.69. The zero-order chi connectivity index (χ0) is 17.9. The molecule has 0 atom stereocenters. The zero-order valence-electron chi connectivity index (χ0n) is 16.5. The van der Waals surface area contributed by atoms with E-state index in [1.165, 1.54) is 56.9 Å². The van der Waals surface area contributed by atoms with Crippen LogP contribution in [0.2, 0.25) is 0 Å². The summed E-state index contributed by atoms with van der Waals surface area (Å²) in [4.78, 5) is 0. The van der Waals surface area contributed by atoms with Gasteiger partial charge in [-0.25, -0.2) is 4.39 Å². The van der Waals surface area contributed by atoms with E-state index in [0.29, 0.717) is 5.92 Å². The molecule has 0 aromatic heterocycles. The van der Waals surface area contributed by atoms with E-state index in [1.807, 2.05) is 6.07 Å². The minimum atomic E-state index is -0.290. The Kier molecular flexibility index (Phi) is 7.68. The van der Waals surface area contributed by atoms with Gasteiger partial charge in [0.25, 0.3) is 0 Å². The maximum atomic E-state index is 13.4. The quantitative estimate of drug-likeness (QED) is 0.438. The molecule has 0 N–H and O–H groups in total. The van der Waals surface area contributed by atoms with E-state index >= 15 is 0 Å². The van der Waals surface area contributed by atoms with E-state index in [0.717, 1.165) is 28.9 Å². The maximum absolute atomic E-state index is 13.4. The van der Waals surface area contributed by atoms with Crippen LogP contribution in [0.5, 0.6) is 0 Å². The van der Waals surface area contributed by atoms with Crippen LogP contribution in [0.4, 0.5) is 4.39 Å². The molecule has 2 aliphatic rings. The first-order valence-electron chi connectivity index (χ1n) is 10.5. The van der Waals surface area contributed by atoms with Crippen LogP contribution in [0.25, 0.3) is 11.1 Å². The van der Waals surface area contributed by atoms with Crippen LogP contribution in [0.15, 0.2) is 42.5 Å². The molecule has 0 nitrogen and oxygen atoms in total. The maximum Gasteiger partial charge on any atom is 3.00 e. The molecular weight excluding hydrogens is 408 g/mol. The van der Waals surface area contributed by atoms with E-state index in [2.05, 4.69) is 37.3 Å². The Hall–Kier alpha value is -0.526.